The Morgan fingerprint density at radius 1 is 1.37 bits per heavy atom. The van der Waals surface area contributed by atoms with Crippen LogP contribution in [0.1, 0.15) is 26.5 Å². The zero-order valence-corrected chi connectivity index (χ0v) is 20.3. The van der Waals surface area contributed by atoms with E-state index in [-0.39, 0.29) is 24.0 Å². The van der Waals surface area contributed by atoms with E-state index in [1.165, 1.54) is 0 Å². The first-order valence-corrected chi connectivity index (χ1v) is 9.92. The van der Waals surface area contributed by atoms with Crippen molar-refractivity contribution in [3.8, 4) is 0 Å². The van der Waals surface area contributed by atoms with Gasteiger partial charge in [-0.2, -0.15) is 0 Å². The zero-order chi connectivity index (χ0) is 19.1. The first-order chi connectivity index (χ1) is 12.4. The third-order valence-corrected chi connectivity index (χ3v) is 5.09. The summed E-state index contributed by atoms with van der Waals surface area (Å²) in [5, 5.41) is 4.19. The van der Waals surface area contributed by atoms with E-state index in [4.69, 9.17) is 21.3 Å². The monoisotopic (exact) mass is 511 g/mol. The normalized spacial score (nSPS) is 16.9. The predicted octanol–water partition coefficient (Wildman–Crippen LogP) is 3.05. The SMILES string of the molecule is CCNC(=NCC(C(C)C)N1CCOCC1)N(C)Cc1cc(Cl)cn1C.I. The number of ether oxygens (including phenoxy) is 1. The molecule has 27 heavy (non-hydrogen) atoms. The summed E-state index contributed by atoms with van der Waals surface area (Å²) < 4.78 is 7.56. The predicted molar refractivity (Wildman–Crippen MR) is 124 cm³/mol. The van der Waals surface area contributed by atoms with Gasteiger partial charge in [0.05, 0.1) is 31.3 Å². The van der Waals surface area contributed by atoms with Gasteiger partial charge in [-0.05, 0) is 18.9 Å². The Balaban J connectivity index is 0.00000364. The molecule has 1 N–H and O–H groups in total. The molecule has 2 rings (SSSR count). The Bertz CT molecular complexity index is 587. The molecule has 1 fully saturated rings. The molecule has 0 bridgehead atoms. The maximum atomic E-state index is 6.11. The first kappa shape index (κ1) is 24.5. The highest BCUT2D eigenvalue weighted by Gasteiger charge is 2.24. The molecule has 1 atom stereocenters. The molecule has 2 heterocycles. The number of hydrogen-bond donors (Lipinski definition) is 1. The van der Waals surface area contributed by atoms with E-state index in [1.807, 2.05) is 19.3 Å². The van der Waals surface area contributed by atoms with Gasteiger partial charge in [0.1, 0.15) is 0 Å². The third kappa shape index (κ3) is 7.44. The van der Waals surface area contributed by atoms with Crippen LogP contribution in [0.2, 0.25) is 5.02 Å². The van der Waals surface area contributed by atoms with Gasteiger partial charge in [0, 0.05) is 51.7 Å². The molecule has 1 aliphatic heterocycles. The second-order valence-electron chi connectivity index (χ2n) is 7.27. The van der Waals surface area contributed by atoms with E-state index >= 15 is 0 Å². The Labute approximate surface area is 186 Å². The highest BCUT2D eigenvalue weighted by Crippen LogP contribution is 2.15. The standard InChI is InChI=1S/C19H34ClN5O.HI/c1-6-21-19(24(5)14-17-11-16(20)13-23(17)4)22-12-18(15(2)3)25-7-9-26-10-8-25;/h11,13,15,18H,6-10,12,14H2,1-5H3,(H,21,22);1H. The number of aliphatic imine (C=N–C) groups is 1. The van der Waals surface area contributed by atoms with Crippen LogP contribution >= 0.6 is 35.6 Å². The fourth-order valence-electron chi connectivity index (χ4n) is 3.35. The molecule has 1 saturated heterocycles. The lowest BCUT2D eigenvalue weighted by Gasteiger charge is -2.36. The number of hydrogen-bond acceptors (Lipinski definition) is 3. The smallest absolute Gasteiger partial charge is 0.194 e. The van der Waals surface area contributed by atoms with Gasteiger partial charge in [0.25, 0.3) is 0 Å². The lowest BCUT2D eigenvalue weighted by Crippen LogP contribution is -2.48. The minimum absolute atomic E-state index is 0. The minimum atomic E-state index is 0. The van der Waals surface area contributed by atoms with Gasteiger partial charge in [-0.25, -0.2) is 0 Å². The molecule has 0 aliphatic carbocycles. The van der Waals surface area contributed by atoms with E-state index in [9.17, 15) is 0 Å². The quantitative estimate of drug-likeness (QED) is 0.347. The fraction of sp³-hybridized carbons (Fsp3) is 0.737. The van der Waals surface area contributed by atoms with E-state index in [0.717, 1.165) is 62.6 Å². The molecule has 1 aromatic heterocycles. The van der Waals surface area contributed by atoms with E-state index in [2.05, 4.69) is 47.5 Å². The number of morpholine rings is 1. The number of aryl methyl sites for hydroxylation is 1. The maximum Gasteiger partial charge on any atom is 0.194 e. The van der Waals surface area contributed by atoms with Crippen molar-refractivity contribution in [2.75, 3.05) is 46.4 Å². The topological polar surface area (TPSA) is 45.0 Å². The van der Waals surface area contributed by atoms with E-state index in [0.29, 0.717) is 12.0 Å². The van der Waals surface area contributed by atoms with Crippen molar-refractivity contribution in [2.24, 2.45) is 18.0 Å². The number of rotatable bonds is 7. The van der Waals surface area contributed by atoms with Gasteiger partial charge < -0.3 is 19.5 Å². The Morgan fingerprint density at radius 2 is 2.04 bits per heavy atom. The van der Waals surface area contributed by atoms with Gasteiger partial charge in [-0.3, -0.25) is 9.89 Å². The van der Waals surface area contributed by atoms with Gasteiger partial charge >= 0.3 is 0 Å². The molecular weight excluding hydrogens is 477 g/mol. The van der Waals surface area contributed by atoms with Crippen molar-refractivity contribution in [1.82, 2.24) is 19.7 Å². The average Bonchev–Trinajstić information content (AvgIpc) is 2.92. The van der Waals surface area contributed by atoms with Gasteiger partial charge in [-0.1, -0.05) is 25.4 Å². The highest BCUT2D eigenvalue weighted by molar-refractivity contribution is 14.0. The van der Waals surface area contributed by atoms with Crippen LogP contribution in [0.25, 0.3) is 0 Å². The number of guanidine groups is 1. The third-order valence-electron chi connectivity index (χ3n) is 4.88. The summed E-state index contributed by atoms with van der Waals surface area (Å²) in [6, 6.07) is 2.44. The lowest BCUT2D eigenvalue weighted by molar-refractivity contribution is 0.00863. The highest BCUT2D eigenvalue weighted by atomic mass is 127. The second-order valence-corrected chi connectivity index (χ2v) is 7.71. The van der Waals surface area contributed by atoms with Crippen LogP contribution < -0.4 is 5.32 Å². The summed E-state index contributed by atoms with van der Waals surface area (Å²) in [7, 11) is 4.09. The number of nitrogens with one attached hydrogen (secondary N) is 1. The van der Waals surface area contributed by atoms with Crippen molar-refractivity contribution in [3.63, 3.8) is 0 Å². The number of halogens is 2. The Kier molecular flexibility index (Phi) is 11.0. The van der Waals surface area contributed by atoms with Crippen LogP contribution in [0.3, 0.4) is 0 Å². The van der Waals surface area contributed by atoms with E-state index in [1.54, 1.807) is 0 Å². The van der Waals surface area contributed by atoms with Crippen molar-refractivity contribution in [2.45, 2.75) is 33.4 Å². The van der Waals surface area contributed by atoms with Gasteiger partial charge in [0.2, 0.25) is 0 Å². The number of nitrogens with zero attached hydrogens (tertiary/aromatic N) is 4. The van der Waals surface area contributed by atoms with Crippen LogP contribution in [0, 0.1) is 5.92 Å². The van der Waals surface area contributed by atoms with Gasteiger partial charge in [0.15, 0.2) is 5.96 Å². The van der Waals surface area contributed by atoms with Crippen LogP contribution in [0.15, 0.2) is 17.3 Å². The molecule has 0 radical (unpaired) electrons. The van der Waals surface area contributed by atoms with Crippen molar-refractivity contribution >= 4 is 41.5 Å². The molecule has 1 unspecified atom stereocenters. The number of aromatic nitrogens is 1. The summed E-state index contributed by atoms with van der Waals surface area (Å²) in [4.78, 5) is 9.62. The Morgan fingerprint density at radius 3 is 2.56 bits per heavy atom. The summed E-state index contributed by atoms with van der Waals surface area (Å²) in [6.07, 6.45) is 1.93. The Hall–Kier alpha value is -0.510. The summed E-state index contributed by atoms with van der Waals surface area (Å²) in [6.45, 7) is 12.7. The summed E-state index contributed by atoms with van der Waals surface area (Å²) >= 11 is 6.11. The van der Waals surface area contributed by atoms with Crippen molar-refractivity contribution in [3.05, 3.63) is 23.0 Å². The second kappa shape index (κ2) is 12.1. The molecular formula is C19H35ClIN5O. The van der Waals surface area contributed by atoms with E-state index < -0.39 is 0 Å². The largest absolute Gasteiger partial charge is 0.379 e. The van der Waals surface area contributed by atoms with Crippen LogP contribution in [-0.4, -0.2) is 72.8 Å². The lowest BCUT2D eigenvalue weighted by atomic mass is 10.0. The molecule has 0 aromatic carbocycles. The van der Waals surface area contributed by atoms with Crippen LogP contribution in [0.5, 0.6) is 0 Å². The van der Waals surface area contributed by atoms with Crippen LogP contribution in [-0.2, 0) is 18.3 Å². The molecule has 6 nitrogen and oxygen atoms in total. The molecule has 8 heteroatoms. The molecule has 0 spiro atoms. The molecule has 1 aromatic rings. The zero-order valence-electron chi connectivity index (χ0n) is 17.2. The molecule has 156 valence electrons. The minimum Gasteiger partial charge on any atom is -0.379 e. The van der Waals surface area contributed by atoms with Crippen molar-refractivity contribution < 1.29 is 4.74 Å². The molecule has 0 amide bonds. The summed E-state index contributed by atoms with van der Waals surface area (Å²) in [5.41, 5.74) is 1.16. The summed E-state index contributed by atoms with van der Waals surface area (Å²) in [5.74, 6) is 1.49. The van der Waals surface area contributed by atoms with Crippen molar-refractivity contribution in [1.29, 1.82) is 0 Å². The van der Waals surface area contributed by atoms with Crippen LogP contribution in [0.4, 0.5) is 0 Å². The molecule has 0 saturated carbocycles. The fourth-order valence-corrected chi connectivity index (χ4v) is 3.62. The first-order valence-electron chi connectivity index (χ1n) is 9.54. The maximum absolute atomic E-state index is 6.11. The average molecular weight is 512 g/mol. The van der Waals surface area contributed by atoms with Gasteiger partial charge in [-0.15, -0.1) is 24.0 Å². The molecule has 1 aliphatic rings.